The highest BCUT2D eigenvalue weighted by Crippen LogP contribution is 2.12. The molecule has 0 heterocycles. The Bertz CT molecular complexity index is 106. The molecule has 0 saturated carbocycles. The molecular weight excluding hydrogens is 168 g/mol. The van der Waals surface area contributed by atoms with E-state index >= 15 is 0 Å². The van der Waals surface area contributed by atoms with E-state index in [4.69, 9.17) is 16.7 Å². The van der Waals surface area contributed by atoms with E-state index in [9.17, 15) is 0 Å². The van der Waals surface area contributed by atoms with Crippen molar-refractivity contribution < 1.29 is 5.11 Å². The lowest BCUT2D eigenvalue weighted by Gasteiger charge is -2.05. The van der Waals surface area contributed by atoms with Gasteiger partial charge in [-0.25, -0.2) is 0 Å². The molecule has 0 amide bonds. The molecule has 0 spiro atoms. The van der Waals surface area contributed by atoms with Crippen LogP contribution in [0.3, 0.4) is 0 Å². The molecule has 1 unspecified atom stereocenters. The van der Waals surface area contributed by atoms with Gasteiger partial charge >= 0.3 is 0 Å². The second-order valence-electron chi connectivity index (χ2n) is 2.32. The molecule has 0 radical (unpaired) electrons. The summed E-state index contributed by atoms with van der Waals surface area (Å²) in [5, 5.41) is 9.31. The third kappa shape index (κ3) is 6.46. The Balaban J connectivity index is 3.11. The summed E-state index contributed by atoms with van der Waals surface area (Å²) in [6.45, 7) is 5.82. The summed E-state index contributed by atoms with van der Waals surface area (Å²) in [6.07, 6.45) is 0. The van der Waals surface area contributed by atoms with Crippen molar-refractivity contribution in [2.24, 2.45) is 5.92 Å². The molecule has 0 rings (SSSR count). The molecule has 0 aliphatic heterocycles. The molecule has 0 bridgehead atoms. The fourth-order valence-corrected chi connectivity index (χ4v) is 1.50. The van der Waals surface area contributed by atoms with Gasteiger partial charge in [0, 0.05) is 17.4 Å². The van der Waals surface area contributed by atoms with Crippen molar-refractivity contribution in [1.29, 1.82) is 0 Å². The molecule has 1 N–H and O–H groups in total. The summed E-state index contributed by atoms with van der Waals surface area (Å²) in [7, 11) is 0. The number of rotatable bonds is 5. The van der Waals surface area contributed by atoms with Gasteiger partial charge in [0.15, 0.2) is 0 Å². The molecule has 1 atom stereocenters. The first-order valence-electron chi connectivity index (χ1n) is 3.18. The molecule has 0 fully saturated rings. The van der Waals surface area contributed by atoms with Crippen LogP contribution in [0.15, 0.2) is 11.6 Å². The smallest absolute Gasteiger partial charge is 0.0464 e. The quantitative estimate of drug-likeness (QED) is 0.700. The molecule has 1 nitrogen and oxygen atoms in total. The van der Waals surface area contributed by atoms with Crippen LogP contribution in [0.4, 0.5) is 0 Å². The predicted molar refractivity (Wildman–Crippen MR) is 48.6 cm³/mol. The standard InChI is InChI=1S/C7H13ClOS/c1-6(3-9)4-10-5-7(2)8/h6,9H,2-5H2,1H3. The van der Waals surface area contributed by atoms with E-state index in [1.54, 1.807) is 11.8 Å². The van der Waals surface area contributed by atoms with Crippen molar-refractivity contribution in [2.45, 2.75) is 6.92 Å². The van der Waals surface area contributed by atoms with E-state index in [-0.39, 0.29) is 6.61 Å². The van der Waals surface area contributed by atoms with Crippen molar-refractivity contribution in [3.63, 3.8) is 0 Å². The Kier molecular flexibility index (Phi) is 6.28. The van der Waals surface area contributed by atoms with Gasteiger partial charge in [-0.2, -0.15) is 11.8 Å². The van der Waals surface area contributed by atoms with E-state index in [2.05, 4.69) is 6.58 Å². The summed E-state index contributed by atoms with van der Waals surface area (Å²) in [5.74, 6) is 2.09. The average Bonchev–Trinajstić information content (AvgIpc) is 1.87. The highest BCUT2D eigenvalue weighted by atomic mass is 35.5. The van der Waals surface area contributed by atoms with Gasteiger partial charge in [0.05, 0.1) is 0 Å². The molecule has 0 aromatic rings. The second kappa shape index (κ2) is 6.08. The zero-order valence-corrected chi connectivity index (χ0v) is 7.71. The molecule has 0 aromatic carbocycles. The fourth-order valence-electron chi connectivity index (χ4n) is 0.424. The Morgan fingerprint density at radius 1 is 1.80 bits per heavy atom. The number of aliphatic hydroxyl groups is 1. The maximum Gasteiger partial charge on any atom is 0.0464 e. The largest absolute Gasteiger partial charge is 0.396 e. The van der Waals surface area contributed by atoms with Crippen LogP contribution in [0.25, 0.3) is 0 Å². The average molecular weight is 181 g/mol. The zero-order valence-electron chi connectivity index (χ0n) is 6.14. The Morgan fingerprint density at radius 3 is 2.80 bits per heavy atom. The highest BCUT2D eigenvalue weighted by molar-refractivity contribution is 7.99. The van der Waals surface area contributed by atoms with Crippen LogP contribution in [0.5, 0.6) is 0 Å². The van der Waals surface area contributed by atoms with Crippen molar-refractivity contribution >= 4 is 23.4 Å². The molecule has 0 saturated heterocycles. The van der Waals surface area contributed by atoms with Gasteiger partial charge in [-0.05, 0) is 11.7 Å². The van der Waals surface area contributed by atoms with Crippen molar-refractivity contribution in [2.75, 3.05) is 18.1 Å². The third-order valence-corrected chi connectivity index (χ3v) is 2.62. The lowest BCUT2D eigenvalue weighted by molar-refractivity contribution is 0.250. The number of aliphatic hydroxyl groups excluding tert-OH is 1. The Hall–Kier alpha value is 0.340. The van der Waals surface area contributed by atoms with E-state index in [0.29, 0.717) is 11.0 Å². The summed E-state index contributed by atoms with van der Waals surface area (Å²) in [6, 6.07) is 0. The van der Waals surface area contributed by atoms with E-state index in [1.165, 1.54) is 0 Å². The summed E-state index contributed by atoms with van der Waals surface area (Å²) in [5.41, 5.74) is 0. The van der Waals surface area contributed by atoms with Crippen LogP contribution in [0.2, 0.25) is 0 Å². The molecule has 0 aliphatic rings. The molecule has 0 aliphatic carbocycles. The number of halogens is 1. The SMILES string of the molecule is C=C(Cl)CSCC(C)CO. The van der Waals surface area contributed by atoms with Crippen LogP contribution < -0.4 is 0 Å². The summed E-state index contributed by atoms with van der Waals surface area (Å²) in [4.78, 5) is 0. The van der Waals surface area contributed by atoms with Crippen molar-refractivity contribution in [1.82, 2.24) is 0 Å². The first-order valence-corrected chi connectivity index (χ1v) is 4.72. The van der Waals surface area contributed by atoms with Crippen molar-refractivity contribution in [3.05, 3.63) is 11.6 Å². The first-order chi connectivity index (χ1) is 4.66. The van der Waals surface area contributed by atoms with Crippen molar-refractivity contribution in [3.8, 4) is 0 Å². The van der Waals surface area contributed by atoms with Gasteiger partial charge in [-0.1, -0.05) is 25.1 Å². The lowest BCUT2D eigenvalue weighted by atomic mass is 10.2. The highest BCUT2D eigenvalue weighted by Gasteiger charge is 1.99. The number of hydrogen-bond donors (Lipinski definition) is 1. The predicted octanol–water partition coefficient (Wildman–Crippen LogP) is 2.10. The van der Waals surface area contributed by atoms with E-state index in [1.807, 2.05) is 6.92 Å². The zero-order chi connectivity index (χ0) is 7.98. The Labute approximate surface area is 71.5 Å². The van der Waals surface area contributed by atoms with Gasteiger partial charge in [0.25, 0.3) is 0 Å². The van der Waals surface area contributed by atoms with Crippen LogP contribution >= 0.6 is 23.4 Å². The van der Waals surface area contributed by atoms with Crippen LogP contribution in [-0.4, -0.2) is 23.2 Å². The van der Waals surface area contributed by atoms with E-state index in [0.717, 1.165) is 11.5 Å². The minimum atomic E-state index is 0.252. The normalized spacial score (nSPS) is 13.1. The third-order valence-electron chi connectivity index (χ3n) is 0.973. The maximum atomic E-state index is 8.63. The minimum Gasteiger partial charge on any atom is -0.396 e. The molecular formula is C7H13ClOS. The van der Waals surface area contributed by atoms with Gasteiger partial charge < -0.3 is 5.11 Å². The van der Waals surface area contributed by atoms with Gasteiger partial charge in [-0.3, -0.25) is 0 Å². The topological polar surface area (TPSA) is 20.2 Å². The maximum absolute atomic E-state index is 8.63. The van der Waals surface area contributed by atoms with Crippen LogP contribution in [-0.2, 0) is 0 Å². The van der Waals surface area contributed by atoms with Crippen LogP contribution in [0, 0.1) is 5.92 Å². The second-order valence-corrected chi connectivity index (χ2v) is 3.88. The van der Waals surface area contributed by atoms with E-state index < -0.39 is 0 Å². The van der Waals surface area contributed by atoms with Gasteiger partial charge in [0.2, 0.25) is 0 Å². The van der Waals surface area contributed by atoms with Gasteiger partial charge in [-0.15, -0.1) is 0 Å². The molecule has 60 valence electrons. The molecule has 0 aromatic heterocycles. The lowest BCUT2D eigenvalue weighted by Crippen LogP contribution is -2.03. The fraction of sp³-hybridized carbons (Fsp3) is 0.714. The monoisotopic (exact) mass is 180 g/mol. The number of hydrogen-bond acceptors (Lipinski definition) is 2. The molecule has 3 heteroatoms. The summed E-state index contributed by atoms with van der Waals surface area (Å²) >= 11 is 7.23. The number of thioether (sulfide) groups is 1. The first kappa shape index (κ1) is 10.3. The minimum absolute atomic E-state index is 0.252. The van der Waals surface area contributed by atoms with Crippen LogP contribution in [0.1, 0.15) is 6.92 Å². The Morgan fingerprint density at radius 2 is 2.40 bits per heavy atom. The molecule has 10 heavy (non-hydrogen) atoms. The van der Waals surface area contributed by atoms with Gasteiger partial charge in [0.1, 0.15) is 0 Å². The summed E-state index contributed by atoms with van der Waals surface area (Å²) < 4.78 is 0.